The number of hydrogen-bond acceptors (Lipinski definition) is 6. The van der Waals surface area contributed by atoms with Crippen molar-refractivity contribution in [2.45, 2.75) is 37.4 Å². The lowest BCUT2D eigenvalue weighted by molar-refractivity contribution is -0.0483. The van der Waals surface area contributed by atoms with E-state index in [1.54, 1.807) is 0 Å². The number of nitrogens with zero attached hydrogens (tertiary/aromatic N) is 3. The van der Waals surface area contributed by atoms with Gasteiger partial charge in [-0.3, -0.25) is 0 Å². The van der Waals surface area contributed by atoms with Gasteiger partial charge in [-0.2, -0.15) is 0 Å². The lowest BCUT2D eigenvalue weighted by Crippen LogP contribution is -2.31. The van der Waals surface area contributed by atoms with Crippen molar-refractivity contribution in [1.29, 1.82) is 0 Å². The fourth-order valence-corrected chi connectivity index (χ4v) is 4.67. The molecule has 2 aliphatic rings. The second-order valence-corrected chi connectivity index (χ2v) is 7.68. The van der Waals surface area contributed by atoms with Crippen LogP contribution in [0.15, 0.2) is 36.8 Å². The minimum absolute atomic E-state index is 0.232. The zero-order chi connectivity index (χ0) is 18.7. The van der Waals surface area contributed by atoms with E-state index in [-0.39, 0.29) is 18.1 Å². The third kappa shape index (κ3) is 2.54. The first-order valence-corrected chi connectivity index (χ1v) is 9.25. The molecule has 0 saturated heterocycles. The molecule has 1 fully saturated rings. The van der Waals surface area contributed by atoms with Gasteiger partial charge in [-0.05, 0) is 35.7 Å². The summed E-state index contributed by atoms with van der Waals surface area (Å²) in [6.07, 6.45) is 1.70. The quantitative estimate of drug-likeness (QED) is 0.623. The molecule has 5 rings (SSSR count). The van der Waals surface area contributed by atoms with E-state index < -0.39 is 12.2 Å². The van der Waals surface area contributed by atoms with Gasteiger partial charge in [-0.15, -0.1) is 0 Å². The fraction of sp³-hybridized carbons (Fsp3) is 0.368. The van der Waals surface area contributed by atoms with Gasteiger partial charge >= 0.3 is 0 Å². The lowest BCUT2D eigenvalue weighted by atomic mass is 9.91. The maximum atomic E-state index is 10.8. The highest BCUT2D eigenvalue weighted by Gasteiger charge is 2.48. The molecule has 3 aromatic rings. The molecule has 1 saturated carbocycles. The molecule has 4 N–H and O–H groups in total. The fourth-order valence-electron chi connectivity index (χ4n) is 4.48. The number of ether oxygens (including phenoxy) is 1. The Labute approximate surface area is 160 Å². The second kappa shape index (κ2) is 6.17. The van der Waals surface area contributed by atoms with Crippen LogP contribution in [-0.2, 0) is 11.3 Å². The molecule has 0 unspecified atom stereocenters. The van der Waals surface area contributed by atoms with Crippen molar-refractivity contribution in [3.05, 3.63) is 52.9 Å². The summed E-state index contributed by atoms with van der Waals surface area (Å²) in [7, 11) is 0. The monoisotopic (exact) mass is 386 g/mol. The third-order valence-electron chi connectivity index (χ3n) is 5.81. The predicted octanol–water partition coefficient (Wildman–Crippen LogP) is 2.22. The molecule has 1 aliphatic heterocycles. The van der Waals surface area contributed by atoms with Crippen molar-refractivity contribution in [2.24, 2.45) is 5.92 Å². The summed E-state index contributed by atoms with van der Waals surface area (Å²) < 4.78 is 7.84. The Balaban J connectivity index is 1.49. The van der Waals surface area contributed by atoms with E-state index >= 15 is 0 Å². The number of halogens is 1. The number of aliphatic hydroxyl groups excluding tert-OH is 2. The Morgan fingerprint density at radius 2 is 2.04 bits per heavy atom. The standard InChI is InChI=1S/C19H19ClN4O3/c20-10-1-2-11-9(5-10)7-27-17(11)13-6-14(16(26)15(13)25)24-4-3-12-18(21)22-8-23-19(12)24/h1-5,8,13-17,25-26H,6-7H2,(H2,21,22,23)/t13-,14+,15+,16-,17-/m0/s1. The van der Waals surface area contributed by atoms with Crippen LogP contribution >= 0.6 is 11.6 Å². The van der Waals surface area contributed by atoms with Gasteiger partial charge in [-0.25, -0.2) is 9.97 Å². The number of nitrogens with two attached hydrogens (primary N) is 1. The summed E-state index contributed by atoms with van der Waals surface area (Å²) in [4.78, 5) is 8.31. The molecule has 7 nitrogen and oxygen atoms in total. The molecule has 0 spiro atoms. The largest absolute Gasteiger partial charge is 0.390 e. The molecule has 0 bridgehead atoms. The number of hydrogen-bond donors (Lipinski definition) is 3. The first kappa shape index (κ1) is 16.9. The van der Waals surface area contributed by atoms with Gasteiger partial charge < -0.3 is 25.3 Å². The third-order valence-corrected chi connectivity index (χ3v) is 6.05. The summed E-state index contributed by atoms with van der Waals surface area (Å²) in [6, 6.07) is 7.18. The van der Waals surface area contributed by atoms with Crippen LogP contribution in [0.25, 0.3) is 11.0 Å². The van der Waals surface area contributed by atoms with E-state index in [1.807, 2.05) is 35.0 Å². The highest BCUT2D eigenvalue weighted by molar-refractivity contribution is 6.30. The van der Waals surface area contributed by atoms with Crippen molar-refractivity contribution in [2.75, 3.05) is 5.73 Å². The topological polar surface area (TPSA) is 106 Å². The predicted molar refractivity (Wildman–Crippen MR) is 100 cm³/mol. The molecule has 27 heavy (non-hydrogen) atoms. The van der Waals surface area contributed by atoms with Gasteiger partial charge in [0.2, 0.25) is 0 Å². The molecule has 3 heterocycles. The van der Waals surface area contributed by atoms with Crippen LogP contribution in [-0.4, -0.2) is 37.0 Å². The van der Waals surface area contributed by atoms with Crippen molar-refractivity contribution >= 4 is 28.5 Å². The van der Waals surface area contributed by atoms with Crippen LogP contribution in [0.1, 0.15) is 29.7 Å². The van der Waals surface area contributed by atoms with Gasteiger partial charge in [0.25, 0.3) is 0 Å². The summed E-state index contributed by atoms with van der Waals surface area (Å²) in [5.74, 6) is 0.164. The second-order valence-electron chi connectivity index (χ2n) is 7.24. The zero-order valence-electron chi connectivity index (χ0n) is 14.4. The first-order chi connectivity index (χ1) is 13.0. The van der Waals surface area contributed by atoms with Gasteiger partial charge in [0.05, 0.1) is 30.2 Å². The molecular formula is C19H19ClN4O3. The smallest absolute Gasteiger partial charge is 0.145 e. The minimum Gasteiger partial charge on any atom is -0.390 e. The maximum Gasteiger partial charge on any atom is 0.145 e. The van der Waals surface area contributed by atoms with Crippen LogP contribution in [0, 0.1) is 5.92 Å². The number of anilines is 1. The number of benzene rings is 1. The van der Waals surface area contributed by atoms with Crippen LogP contribution in [0.4, 0.5) is 5.82 Å². The van der Waals surface area contributed by atoms with Crippen LogP contribution < -0.4 is 5.73 Å². The average Bonchev–Trinajstić information content (AvgIpc) is 3.33. The first-order valence-electron chi connectivity index (χ1n) is 8.87. The lowest BCUT2D eigenvalue weighted by Gasteiger charge is -2.22. The van der Waals surface area contributed by atoms with Gasteiger partial charge in [0, 0.05) is 17.1 Å². The van der Waals surface area contributed by atoms with E-state index in [0.29, 0.717) is 29.5 Å². The van der Waals surface area contributed by atoms with E-state index in [9.17, 15) is 10.2 Å². The summed E-state index contributed by atoms with van der Waals surface area (Å²) in [6.45, 7) is 0.459. The van der Waals surface area contributed by atoms with Crippen molar-refractivity contribution in [3.8, 4) is 0 Å². The summed E-state index contributed by atoms with van der Waals surface area (Å²) in [5.41, 5.74) is 8.63. The van der Waals surface area contributed by atoms with Gasteiger partial charge in [0.1, 0.15) is 23.9 Å². The summed E-state index contributed by atoms with van der Waals surface area (Å²) in [5, 5.41) is 22.9. The Morgan fingerprint density at radius 1 is 1.19 bits per heavy atom. The maximum absolute atomic E-state index is 10.8. The molecule has 1 aliphatic carbocycles. The molecule has 1 aromatic carbocycles. The van der Waals surface area contributed by atoms with Crippen LogP contribution in [0.3, 0.4) is 0 Å². The molecular weight excluding hydrogens is 368 g/mol. The Hall–Kier alpha value is -2.19. The molecule has 0 radical (unpaired) electrons. The highest BCUT2D eigenvalue weighted by Crippen LogP contribution is 2.48. The number of fused-ring (bicyclic) bond motifs is 2. The van der Waals surface area contributed by atoms with E-state index in [0.717, 1.165) is 16.5 Å². The number of aromatic nitrogens is 3. The van der Waals surface area contributed by atoms with Crippen molar-refractivity contribution in [1.82, 2.24) is 14.5 Å². The molecule has 5 atom stereocenters. The SMILES string of the molecule is Nc1ncnc2c1ccn2[C@@H]1C[C@H]([C@H]2OCc3cc(Cl)ccc32)[C@@H](O)[C@H]1O. The van der Waals surface area contributed by atoms with Crippen LogP contribution in [0.5, 0.6) is 0 Å². The summed E-state index contributed by atoms with van der Waals surface area (Å²) >= 11 is 6.07. The molecule has 0 amide bonds. The highest BCUT2D eigenvalue weighted by atomic mass is 35.5. The zero-order valence-corrected chi connectivity index (χ0v) is 15.1. The Bertz CT molecular complexity index is 1020. The Kier molecular flexibility index (Phi) is 3.87. The van der Waals surface area contributed by atoms with E-state index in [1.165, 1.54) is 6.33 Å². The average molecular weight is 387 g/mol. The molecule has 8 heteroatoms. The molecule has 2 aromatic heterocycles. The van der Waals surface area contributed by atoms with E-state index in [2.05, 4.69) is 9.97 Å². The Morgan fingerprint density at radius 3 is 2.89 bits per heavy atom. The normalized spacial score (nSPS) is 30.1. The van der Waals surface area contributed by atoms with Crippen LogP contribution in [0.2, 0.25) is 5.02 Å². The van der Waals surface area contributed by atoms with Gasteiger partial charge in [0.15, 0.2) is 0 Å². The molecule has 140 valence electrons. The number of aliphatic hydroxyl groups is 2. The van der Waals surface area contributed by atoms with Crippen molar-refractivity contribution in [3.63, 3.8) is 0 Å². The minimum atomic E-state index is -0.929. The van der Waals surface area contributed by atoms with Gasteiger partial charge in [-0.1, -0.05) is 17.7 Å². The number of rotatable bonds is 2. The number of nitrogen functional groups attached to an aromatic ring is 1. The van der Waals surface area contributed by atoms with Crippen molar-refractivity contribution < 1.29 is 14.9 Å². The van der Waals surface area contributed by atoms with E-state index in [4.69, 9.17) is 22.1 Å².